The summed E-state index contributed by atoms with van der Waals surface area (Å²) in [7, 11) is 0. The summed E-state index contributed by atoms with van der Waals surface area (Å²) in [5.41, 5.74) is 1.49. The smallest absolute Gasteiger partial charge is 0.246 e. The summed E-state index contributed by atoms with van der Waals surface area (Å²) >= 11 is 6.74. The maximum absolute atomic E-state index is 14.9. The quantitative estimate of drug-likeness (QED) is 0.233. The van der Waals surface area contributed by atoms with Crippen LogP contribution < -0.4 is 10.1 Å². The van der Waals surface area contributed by atoms with Crippen molar-refractivity contribution >= 4 is 29.0 Å². The molecule has 11 heteroatoms. The van der Waals surface area contributed by atoms with Gasteiger partial charge in [0.2, 0.25) is 5.91 Å². The molecule has 0 bridgehead atoms. The normalized spacial score (nSPS) is 18.5. The number of carbonyl (C=O) groups excluding carboxylic acids is 1. The molecule has 1 aromatic heterocycles. The molecule has 3 heterocycles. The number of aromatic nitrogens is 2. The third kappa shape index (κ3) is 5.54. The highest BCUT2D eigenvalue weighted by atomic mass is 35.5. The average Bonchev–Trinajstić information content (AvgIpc) is 3.46. The van der Waals surface area contributed by atoms with Gasteiger partial charge in [-0.05, 0) is 44.0 Å². The van der Waals surface area contributed by atoms with E-state index in [-0.39, 0.29) is 34.4 Å². The van der Waals surface area contributed by atoms with Crippen molar-refractivity contribution in [2.75, 3.05) is 31.6 Å². The molecule has 2 N–H and O–H groups in total. The second-order valence-electron chi connectivity index (χ2n) is 10.1. The Hall–Kier alpha value is -3.92. The number of ether oxygens (including phenoxy) is 1. The number of aryl methyl sites for hydroxylation is 1. The molecule has 0 radical (unpaired) electrons. The molecule has 1 saturated heterocycles. The van der Waals surface area contributed by atoms with Crippen LogP contribution in [-0.4, -0.2) is 69.4 Å². The Bertz CT molecular complexity index is 1430. The zero-order valence-electron chi connectivity index (χ0n) is 22.2. The molecule has 0 spiro atoms. The number of hydrogen-bond acceptors (Lipinski definition) is 5. The van der Waals surface area contributed by atoms with Gasteiger partial charge in [0, 0.05) is 67.4 Å². The van der Waals surface area contributed by atoms with Gasteiger partial charge in [0.05, 0.1) is 23.1 Å². The molecule has 1 amide bonds. The number of nitrogens with one attached hydrogen (secondary N) is 2. The summed E-state index contributed by atoms with van der Waals surface area (Å²) in [6, 6.07) is 4.78. The summed E-state index contributed by atoms with van der Waals surface area (Å²) in [5, 5.41) is 12.9. The van der Waals surface area contributed by atoms with E-state index in [1.165, 1.54) is 18.2 Å². The molecule has 8 nitrogen and oxygen atoms in total. The Balaban J connectivity index is 1.48. The minimum absolute atomic E-state index is 0.0610. The minimum Gasteiger partial charge on any atom is -0.489 e. The number of benzene rings is 2. The zero-order chi connectivity index (χ0) is 28.4. The molecule has 1 unspecified atom stereocenters. The zero-order valence-corrected chi connectivity index (χ0v) is 22.9. The molecular formula is C29H31ClF2N6O2. The number of fused-ring (bicyclic) bond motifs is 1. The molecule has 2 aliphatic rings. The molecule has 0 aliphatic carbocycles. The van der Waals surface area contributed by atoms with Crippen LogP contribution in [0.25, 0.3) is 11.1 Å². The van der Waals surface area contributed by atoms with Gasteiger partial charge in [-0.15, -0.1) is 0 Å². The summed E-state index contributed by atoms with van der Waals surface area (Å²) < 4.78 is 36.9. The lowest BCUT2D eigenvalue weighted by molar-refractivity contribution is -0.128. The molecule has 2 aliphatic heterocycles. The lowest BCUT2D eigenvalue weighted by Crippen LogP contribution is -2.55. The van der Waals surface area contributed by atoms with Crippen LogP contribution in [0.1, 0.15) is 25.3 Å². The highest BCUT2D eigenvalue weighted by Crippen LogP contribution is 2.47. The van der Waals surface area contributed by atoms with Gasteiger partial charge in [-0.1, -0.05) is 18.2 Å². The van der Waals surface area contributed by atoms with Crippen molar-refractivity contribution in [3.8, 4) is 16.9 Å². The standard InChI is InChI=1S/C29H31ClF2N6O2/c1-3-25(39)37-11-12-38(18(2)15-37)29(33)22-14-23(30)26(21-7-6-19(31)13-24(21)32)28-27(22)35-20(16-40-28)5-4-9-36-10-8-34-17-36/h3,6-8,10,13-14,17-18,20,33,35H,1,4-5,9,11-12,15-16H2,2H3/t18-,20?/m0/s1. The van der Waals surface area contributed by atoms with Gasteiger partial charge in [0.1, 0.15) is 24.1 Å². The molecule has 2 aromatic carbocycles. The number of carbonyl (C=O) groups is 1. The van der Waals surface area contributed by atoms with Crippen molar-refractivity contribution in [3.05, 3.63) is 77.9 Å². The summed E-state index contributed by atoms with van der Waals surface area (Å²) in [4.78, 5) is 19.9. The predicted octanol–water partition coefficient (Wildman–Crippen LogP) is 5.18. The van der Waals surface area contributed by atoms with Gasteiger partial charge < -0.3 is 24.4 Å². The van der Waals surface area contributed by atoms with Gasteiger partial charge in [-0.3, -0.25) is 10.2 Å². The molecule has 2 atom stereocenters. The van der Waals surface area contributed by atoms with Crippen molar-refractivity contribution in [2.45, 2.75) is 38.4 Å². The van der Waals surface area contributed by atoms with Gasteiger partial charge in [-0.25, -0.2) is 13.8 Å². The lowest BCUT2D eigenvalue weighted by atomic mass is 9.96. The number of anilines is 1. The van der Waals surface area contributed by atoms with Crippen LogP contribution >= 0.6 is 11.6 Å². The van der Waals surface area contributed by atoms with Crippen molar-refractivity contribution in [2.24, 2.45) is 0 Å². The van der Waals surface area contributed by atoms with Crippen molar-refractivity contribution < 1.29 is 18.3 Å². The molecule has 1 fully saturated rings. The van der Waals surface area contributed by atoms with Crippen LogP contribution in [0.15, 0.2) is 55.6 Å². The van der Waals surface area contributed by atoms with E-state index < -0.39 is 11.6 Å². The van der Waals surface area contributed by atoms with Crippen LogP contribution in [0.4, 0.5) is 14.5 Å². The first-order chi connectivity index (χ1) is 19.3. The first-order valence-corrected chi connectivity index (χ1v) is 13.6. The molecular weight excluding hydrogens is 538 g/mol. The Labute approximate surface area is 236 Å². The summed E-state index contributed by atoms with van der Waals surface area (Å²) in [5.74, 6) is -1.04. The number of amides is 1. The van der Waals surface area contributed by atoms with E-state index in [1.54, 1.807) is 23.5 Å². The third-order valence-corrected chi connectivity index (χ3v) is 7.69. The molecule has 40 heavy (non-hydrogen) atoms. The average molecular weight is 569 g/mol. The third-order valence-electron chi connectivity index (χ3n) is 7.40. The summed E-state index contributed by atoms with van der Waals surface area (Å²) in [6.07, 6.45) is 8.37. The van der Waals surface area contributed by atoms with E-state index in [9.17, 15) is 13.6 Å². The van der Waals surface area contributed by atoms with Crippen molar-refractivity contribution in [1.29, 1.82) is 5.41 Å². The van der Waals surface area contributed by atoms with Crippen LogP contribution in [-0.2, 0) is 11.3 Å². The maximum atomic E-state index is 14.9. The molecule has 210 valence electrons. The predicted molar refractivity (Wildman–Crippen MR) is 151 cm³/mol. The minimum atomic E-state index is -0.755. The largest absolute Gasteiger partial charge is 0.489 e. The van der Waals surface area contributed by atoms with Crippen LogP contribution in [0.3, 0.4) is 0 Å². The number of imidazole rings is 1. The van der Waals surface area contributed by atoms with E-state index >= 15 is 0 Å². The second-order valence-corrected chi connectivity index (χ2v) is 10.5. The van der Waals surface area contributed by atoms with Gasteiger partial charge >= 0.3 is 0 Å². The number of nitrogens with zero attached hydrogens (tertiary/aromatic N) is 4. The van der Waals surface area contributed by atoms with Gasteiger partial charge in [0.25, 0.3) is 0 Å². The monoisotopic (exact) mass is 568 g/mol. The highest BCUT2D eigenvalue weighted by molar-refractivity contribution is 6.34. The van der Waals surface area contributed by atoms with Crippen molar-refractivity contribution in [3.63, 3.8) is 0 Å². The van der Waals surface area contributed by atoms with E-state index in [0.29, 0.717) is 48.8 Å². The Morgan fingerprint density at radius 3 is 2.85 bits per heavy atom. The van der Waals surface area contributed by atoms with E-state index in [2.05, 4.69) is 16.9 Å². The van der Waals surface area contributed by atoms with E-state index in [1.807, 2.05) is 22.6 Å². The van der Waals surface area contributed by atoms with Crippen LogP contribution in [0.5, 0.6) is 5.75 Å². The first-order valence-electron chi connectivity index (χ1n) is 13.2. The Morgan fingerprint density at radius 1 is 1.32 bits per heavy atom. The topological polar surface area (TPSA) is 86.5 Å². The second kappa shape index (κ2) is 11.7. The molecule has 3 aromatic rings. The van der Waals surface area contributed by atoms with E-state index in [4.69, 9.17) is 21.7 Å². The lowest BCUT2D eigenvalue weighted by Gasteiger charge is -2.41. The fourth-order valence-electron chi connectivity index (χ4n) is 5.34. The number of halogens is 3. The summed E-state index contributed by atoms with van der Waals surface area (Å²) in [6.45, 7) is 7.99. The maximum Gasteiger partial charge on any atom is 0.246 e. The number of piperazine rings is 1. The van der Waals surface area contributed by atoms with E-state index in [0.717, 1.165) is 25.5 Å². The molecule has 5 rings (SSSR count). The van der Waals surface area contributed by atoms with Gasteiger partial charge in [0.15, 0.2) is 5.75 Å². The Morgan fingerprint density at radius 2 is 2.15 bits per heavy atom. The number of rotatable bonds is 7. The van der Waals surface area contributed by atoms with Crippen molar-refractivity contribution in [1.82, 2.24) is 19.4 Å². The molecule has 0 saturated carbocycles. The fourth-order valence-corrected chi connectivity index (χ4v) is 5.64. The number of amidine groups is 1. The SMILES string of the molecule is C=CC(=O)N1CCN(C(=N)c2cc(Cl)c(-c3ccc(F)cc3F)c3c2NC(CCCn2ccnc2)CO3)[C@@H](C)C1. The van der Waals surface area contributed by atoms with Crippen LogP contribution in [0, 0.1) is 17.0 Å². The van der Waals surface area contributed by atoms with Gasteiger partial charge in [-0.2, -0.15) is 0 Å². The number of hydrogen-bond donors (Lipinski definition) is 2. The highest BCUT2D eigenvalue weighted by Gasteiger charge is 2.33. The fraction of sp³-hybridized carbons (Fsp3) is 0.345. The first kappa shape index (κ1) is 27.6. The van der Waals surface area contributed by atoms with Crippen LogP contribution in [0.2, 0.25) is 5.02 Å². The Kier molecular flexibility index (Phi) is 8.07.